The Morgan fingerprint density at radius 2 is 2.11 bits per heavy atom. The van der Waals surface area contributed by atoms with Gasteiger partial charge in [-0.3, -0.25) is 0 Å². The van der Waals surface area contributed by atoms with Gasteiger partial charge in [0.15, 0.2) is 5.84 Å². The number of piperidine rings is 1. The Bertz CT molecular complexity index is 454. The summed E-state index contributed by atoms with van der Waals surface area (Å²) in [6.45, 7) is 3.96. The third-order valence-corrected chi connectivity index (χ3v) is 3.48. The van der Waals surface area contributed by atoms with E-state index in [0.717, 1.165) is 25.9 Å². The largest absolute Gasteiger partial charge is 0.409 e. The van der Waals surface area contributed by atoms with Gasteiger partial charge in [-0.1, -0.05) is 18.1 Å². The molecule has 1 aliphatic heterocycles. The van der Waals surface area contributed by atoms with Gasteiger partial charge in [0.2, 0.25) is 0 Å². The van der Waals surface area contributed by atoms with Gasteiger partial charge in [0.25, 0.3) is 0 Å². The lowest BCUT2D eigenvalue weighted by molar-refractivity contribution is 0.318. The van der Waals surface area contributed by atoms with E-state index >= 15 is 0 Å². The Balaban J connectivity index is 2.35. The van der Waals surface area contributed by atoms with Crippen LogP contribution >= 0.6 is 0 Å². The Kier molecular flexibility index (Phi) is 3.69. The summed E-state index contributed by atoms with van der Waals surface area (Å²) in [5.41, 5.74) is 6.46. The van der Waals surface area contributed by atoms with E-state index in [-0.39, 0.29) is 11.4 Å². The Hall–Kier alpha value is -1.78. The van der Waals surface area contributed by atoms with Crippen LogP contribution in [0.3, 0.4) is 0 Å². The van der Waals surface area contributed by atoms with Crippen LogP contribution in [0.25, 0.3) is 0 Å². The molecule has 0 aliphatic carbocycles. The topological polar surface area (TPSA) is 61.8 Å². The highest BCUT2D eigenvalue weighted by Crippen LogP contribution is 2.27. The Morgan fingerprint density at radius 3 is 2.72 bits per heavy atom. The number of nitrogens with two attached hydrogens (primary N) is 1. The van der Waals surface area contributed by atoms with Crippen LogP contribution < -0.4 is 10.6 Å². The van der Waals surface area contributed by atoms with E-state index in [0.29, 0.717) is 11.6 Å². The lowest BCUT2D eigenvalue weighted by Gasteiger charge is -2.33. The molecule has 1 aromatic carbocycles. The zero-order chi connectivity index (χ0) is 13.1. The summed E-state index contributed by atoms with van der Waals surface area (Å²) >= 11 is 0. The number of benzene rings is 1. The van der Waals surface area contributed by atoms with Crippen molar-refractivity contribution in [1.82, 2.24) is 0 Å². The van der Waals surface area contributed by atoms with Gasteiger partial charge in [0.1, 0.15) is 5.82 Å². The maximum atomic E-state index is 13.8. The van der Waals surface area contributed by atoms with Crippen LogP contribution in [0.2, 0.25) is 0 Å². The van der Waals surface area contributed by atoms with Crippen molar-refractivity contribution in [3.8, 4) is 0 Å². The minimum Gasteiger partial charge on any atom is -0.409 e. The molecule has 1 aliphatic rings. The standard InChI is InChI=1S/C13H18FN3O/c1-9-5-7-17(8-6-9)11-4-2-3-10(14)12(11)13(15)16-18/h2-4,9,18H,5-8H2,1H3,(H2,15,16). The number of halogens is 1. The molecule has 4 nitrogen and oxygen atoms in total. The van der Waals surface area contributed by atoms with Crippen LogP contribution in [0.4, 0.5) is 10.1 Å². The summed E-state index contributed by atoms with van der Waals surface area (Å²) in [5.74, 6) is 0.0604. The smallest absolute Gasteiger partial charge is 0.175 e. The fraction of sp³-hybridized carbons (Fsp3) is 0.462. The minimum atomic E-state index is -0.457. The molecule has 0 atom stereocenters. The molecular formula is C13H18FN3O. The maximum absolute atomic E-state index is 13.8. The van der Waals surface area contributed by atoms with Crippen molar-refractivity contribution < 1.29 is 9.60 Å². The molecule has 18 heavy (non-hydrogen) atoms. The van der Waals surface area contributed by atoms with Gasteiger partial charge < -0.3 is 15.8 Å². The molecule has 5 heteroatoms. The molecule has 2 rings (SSSR count). The Morgan fingerprint density at radius 1 is 1.44 bits per heavy atom. The molecule has 0 unspecified atom stereocenters. The van der Waals surface area contributed by atoms with Crippen LogP contribution in [-0.4, -0.2) is 24.1 Å². The Labute approximate surface area is 106 Å². The molecule has 0 radical (unpaired) electrons. The molecule has 98 valence electrons. The van der Waals surface area contributed by atoms with Gasteiger partial charge >= 0.3 is 0 Å². The first kappa shape index (κ1) is 12.7. The third kappa shape index (κ3) is 2.39. The highest BCUT2D eigenvalue weighted by molar-refractivity contribution is 6.02. The monoisotopic (exact) mass is 251 g/mol. The van der Waals surface area contributed by atoms with Crippen molar-refractivity contribution in [1.29, 1.82) is 0 Å². The molecule has 1 saturated heterocycles. The van der Waals surface area contributed by atoms with Crippen molar-refractivity contribution in [3.05, 3.63) is 29.6 Å². The van der Waals surface area contributed by atoms with Crippen molar-refractivity contribution >= 4 is 11.5 Å². The molecule has 1 aromatic rings. The summed E-state index contributed by atoms with van der Waals surface area (Å²) < 4.78 is 13.8. The van der Waals surface area contributed by atoms with E-state index in [1.54, 1.807) is 6.07 Å². The molecule has 0 saturated carbocycles. The molecular weight excluding hydrogens is 233 g/mol. The first-order valence-electron chi connectivity index (χ1n) is 6.15. The van der Waals surface area contributed by atoms with Crippen LogP contribution in [0.15, 0.2) is 23.4 Å². The van der Waals surface area contributed by atoms with Gasteiger partial charge in [0.05, 0.1) is 11.3 Å². The molecule has 0 amide bonds. The first-order valence-corrected chi connectivity index (χ1v) is 6.15. The van der Waals surface area contributed by atoms with E-state index < -0.39 is 5.82 Å². The number of nitrogens with zero attached hydrogens (tertiary/aromatic N) is 2. The number of oxime groups is 1. The van der Waals surface area contributed by atoms with E-state index in [1.165, 1.54) is 6.07 Å². The fourth-order valence-corrected chi connectivity index (χ4v) is 2.33. The predicted octanol–water partition coefficient (Wildman–Crippen LogP) is 2.16. The zero-order valence-corrected chi connectivity index (χ0v) is 10.4. The van der Waals surface area contributed by atoms with Crippen LogP contribution in [0.5, 0.6) is 0 Å². The highest BCUT2D eigenvalue weighted by atomic mass is 19.1. The summed E-state index contributed by atoms with van der Waals surface area (Å²) in [5, 5.41) is 11.7. The van der Waals surface area contributed by atoms with Crippen molar-refractivity contribution in [2.75, 3.05) is 18.0 Å². The lowest BCUT2D eigenvalue weighted by Crippen LogP contribution is -2.34. The number of hydrogen-bond donors (Lipinski definition) is 2. The number of hydrogen-bond acceptors (Lipinski definition) is 3. The van der Waals surface area contributed by atoms with E-state index in [4.69, 9.17) is 10.9 Å². The van der Waals surface area contributed by atoms with E-state index in [2.05, 4.69) is 17.0 Å². The normalized spacial score (nSPS) is 18.1. The average Bonchev–Trinajstić information content (AvgIpc) is 2.38. The van der Waals surface area contributed by atoms with Gasteiger partial charge in [-0.2, -0.15) is 0 Å². The second kappa shape index (κ2) is 5.25. The molecule has 0 aromatic heterocycles. The maximum Gasteiger partial charge on any atom is 0.175 e. The van der Waals surface area contributed by atoms with Crippen LogP contribution in [0.1, 0.15) is 25.3 Å². The summed E-state index contributed by atoms with van der Waals surface area (Å²) in [4.78, 5) is 2.09. The number of rotatable bonds is 2. The van der Waals surface area contributed by atoms with Crippen molar-refractivity contribution in [2.24, 2.45) is 16.8 Å². The molecule has 3 N–H and O–H groups in total. The molecule has 0 spiro atoms. The van der Waals surface area contributed by atoms with E-state index in [1.807, 2.05) is 6.07 Å². The molecule has 1 heterocycles. The van der Waals surface area contributed by atoms with Gasteiger partial charge in [0, 0.05) is 13.1 Å². The van der Waals surface area contributed by atoms with Gasteiger partial charge in [-0.15, -0.1) is 0 Å². The van der Waals surface area contributed by atoms with Crippen LogP contribution in [-0.2, 0) is 0 Å². The van der Waals surface area contributed by atoms with E-state index in [9.17, 15) is 4.39 Å². The number of amidine groups is 1. The average molecular weight is 251 g/mol. The lowest BCUT2D eigenvalue weighted by atomic mass is 9.98. The minimum absolute atomic E-state index is 0.179. The predicted molar refractivity (Wildman–Crippen MR) is 69.5 cm³/mol. The van der Waals surface area contributed by atoms with Gasteiger partial charge in [-0.05, 0) is 30.9 Å². The second-order valence-electron chi connectivity index (χ2n) is 4.79. The highest BCUT2D eigenvalue weighted by Gasteiger charge is 2.21. The summed E-state index contributed by atoms with van der Waals surface area (Å²) in [6, 6.07) is 4.78. The first-order chi connectivity index (χ1) is 8.63. The van der Waals surface area contributed by atoms with Gasteiger partial charge in [-0.25, -0.2) is 4.39 Å². The molecule has 0 bridgehead atoms. The third-order valence-electron chi connectivity index (χ3n) is 3.48. The zero-order valence-electron chi connectivity index (χ0n) is 10.4. The van der Waals surface area contributed by atoms with Crippen LogP contribution in [0, 0.1) is 11.7 Å². The second-order valence-corrected chi connectivity index (χ2v) is 4.79. The van der Waals surface area contributed by atoms with Crippen molar-refractivity contribution in [3.63, 3.8) is 0 Å². The quantitative estimate of drug-likeness (QED) is 0.366. The SMILES string of the molecule is CC1CCN(c2cccc(F)c2C(N)=NO)CC1. The summed E-state index contributed by atoms with van der Waals surface area (Å²) in [6.07, 6.45) is 2.15. The molecule has 1 fully saturated rings. The summed E-state index contributed by atoms with van der Waals surface area (Å²) in [7, 11) is 0. The fourth-order valence-electron chi connectivity index (χ4n) is 2.33. The number of anilines is 1. The van der Waals surface area contributed by atoms with Crippen molar-refractivity contribution in [2.45, 2.75) is 19.8 Å².